The molecule has 0 aliphatic heterocycles. The van der Waals surface area contributed by atoms with Crippen molar-refractivity contribution >= 4 is 16.9 Å². The number of hydrogen-bond donors (Lipinski definition) is 1. The number of hydrogen-bond acceptors (Lipinski definition) is 8. The Balaban J connectivity index is 1.71. The summed E-state index contributed by atoms with van der Waals surface area (Å²) in [5, 5.41) is 13.0. The predicted molar refractivity (Wildman–Crippen MR) is 129 cm³/mol. The molecule has 1 unspecified atom stereocenters. The number of carbonyl (C=O) groups excluding carboxylic acids is 1. The maximum atomic E-state index is 13.0. The number of benzene rings is 1. The molecule has 0 fully saturated rings. The fourth-order valence-electron chi connectivity index (χ4n) is 4.23. The lowest BCUT2D eigenvalue weighted by Crippen LogP contribution is -2.32. The fraction of sp³-hybridized carbons (Fsp3) is 0.400. The van der Waals surface area contributed by atoms with Gasteiger partial charge in [-0.25, -0.2) is 4.68 Å². The van der Waals surface area contributed by atoms with E-state index in [1.165, 1.54) is 4.68 Å². The molecule has 3 aromatic heterocycles. The Hall–Kier alpha value is -3.79. The van der Waals surface area contributed by atoms with Crippen molar-refractivity contribution in [2.75, 3.05) is 6.61 Å². The molecule has 0 bridgehead atoms. The predicted octanol–water partition coefficient (Wildman–Crippen LogP) is 3.44. The van der Waals surface area contributed by atoms with Gasteiger partial charge in [0.2, 0.25) is 0 Å². The summed E-state index contributed by atoms with van der Waals surface area (Å²) in [6.45, 7) is 8.81. The number of carbonyl (C=O) groups is 1. The number of ether oxygens (including phenoxy) is 1. The Morgan fingerprint density at radius 1 is 1.20 bits per heavy atom. The van der Waals surface area contributed by atoms with Crippen molar-refractivity contribution in [3.63, 3.8) is 0 Å². The van der Waals surface area contributed by atoms with Crippen LogP contribution in [0.3, 0.4) is 0 Å². The average Bonchev–Trinajstić information content (AvgIpc) is 3.49. The highest BCUT2D eigenvalue weighted by Gasteiger charge is 2.27. The van der Waals surface area contributed by atoms with Gasteiger partial charge in [-0.15, -0.1) is 5.10 Å². The Morgan fingerprint density at radius 2 is 2.00 bits per heavy atom. The van der Waals surface area contributed by atoms with Crippen LogP contribution in [0.2, 0.25) is 0 Å². The lowest BCUT2D eigenvalue weighted by Gasteiger charge is -2.29. The lowest BCUT2D eigenvalue weighted by molar-refractivity contribution is -0.144. The summed E-state index contributed by atoms with van der Waals surface area (Å²) in [4.78, 5) is 30.2. The molecule has 35 heavy (non-hydrogen) atoms. The van der Waals surface area contributed by atoms with E-state index in [1.807, 2.05) is 38.1 Å². The number of aromatic amines is 1. The number of aromatic nitrogens is 5. The smallest absolute Gasteiger partial charge is 0.327 e. The van der Waals surface area contributed by atoms with E-state index < -0.39 is 5.97 Å². The molecule has 4 rings (SSSR count). The summed E-state index contributed by atoms with van der Waals surface area (Å²) in [5.74, 6) is 0.859. The first-order valence-electron chi connectivity index (χ1n) is 11.7. The van der Waals surface area contributed by atoms with Crippen LogP contribution >= 0.6 is 0 Å². The molecular formula is C25H30N6O4. The normalized spacial score (nSPS) is 12.4. The zero-order chi connectivity index (χ0) is 24.9. The number of fused-ring (bicyclic) bond motifs is 1. The number of aryl methyl sites for hydroxylation is 2. The molecule has 1 aromatic carbocycles. The van der Waals surface area contributed by atoms with Gasteiger partial charge in [0.05, 0.1) is 25.5 Å². The molecule has 0 aliphatic carbocycles. The topological polar surface area (TPSA) is 119 Å². The van der Waals surface area contributed by atoms with Crippen LogP contribution in [0.15, 0.2) is 45.8 Å². The SMILES string of the molecule is CCOC(=O)Cn1nnnc1C(CC)N(Cc1ccco1)Cc1cc2cc(C)c(C)cc2[nH]c1=O. The second-order valence-corrected chi connectivity index (χ2v) is 8.56. The fourth-order valence-corrected chi connectivity index (χ4v) is 4.23. The molecule has 4 aromatic rings. The Labute approximate surface area is 202 Å². The molecule has 1 atom stereocenters. The maximum Gasteiger partial charge on any atom is 0.327 e. The first kappa shape index (κ1) is 24.3. The zero-order valence-corrected chi connectivity index (χ0v) is 20.4. The second-order valence-electron chi connectivity index (χ2n) is 8.56. The van der Waals surface area contributed by atoms with E-state index in [0.29, 0.717) is 30.9 Å². The summed E-state index contributed by atoms with van der Waals surface area (Å²) in [7, 11) is 0. The summed E-state index contributed by atoms with van der Waals surface area (Å²) < 4.78 is 12.1. The molecule has 0 saturated heterocycles. The van der Waals surface area contributed by atoms with Gasteiger partial charge in [0, 0.05) is 17.6 Å². The minimum Gasteiger partial charge on any atom is -0.468 e. The van der Waals surface area contributed by atoms with Gasteiger partial charge in [-0.3, -0.25) is 14.5 Å². The van der Waals surface area contributed by atoms with Gasteiger partial charge in [-0.2, -0.15) is 0 Å². The van der Waals surface area contributed by atoms with Crippen LogP contribution in [-0.4, -0.2) is 42.7 Å². The molecule has 0 amide bonds. The standard InChI is InChI=1S/C25H30N6O4/c1-5-22(24-27-28-29-31(24)15-23(32)34-6-2)30(14-20-8-7-9-35-20)13-19-12-18-10-16(3)17(4)11-21(18)26-25(19)33/h7-12,22H,5-6,13-15H2,1-4H3,(H,26,33). The zero-order valence-electron chi connectivity index (χ0n) is 20.4. The van der Waals surface area contributed by atoms with Crippen LogP contribution < -0.4 is 5.56 Å². The number of furan rings is 1. The minimum atomic E-state index is -0.412. The van der Waals surface area contributed by atoms with Crippen molar-refractivity contribution in [1.29, 1.82) is 0 Å². The molecule has 184 valence electrons. The van der Waals surface area contributed by atoms with Crippen molar-refractivity contribution in [1.82, 2.24) is 30.1 Å². The number of pyridine rings is 1. The average molecular weight is 479 g/mol. The number of esters is 1. The van der Waals surface area contributed by atoms with E-state index in [0.717, 1.165) is 27.8 Å². The highest BCUT2D eigenvalue weighted by atomic mass is 16.5. The molecule has 0 spiro atoms. The van der Waals surface area contributed by atoms with E-state index in [-0.39, 0.29) is 24.8 Å². The molecular weight excluding hydrogens is 448 g/mol. The summed E-state index contributed by atoms with van der Waals surface area (Å²) in [5.41, 5.74) is 3.57. The van der Waals surface area contributed by atoms with Crippen LogP contribution in [0, 0.1) is 13.8 Å². The second kappa shape index (κ2) is 10.6. The maximum absolute atomic E-state index is 13.0. The monoisotopic (exact) mass is 478 g/mol. The van der Waals surface area contributed by atoms with Crippen molar-refractivity contribution in [2.24, 2.45) is 0 Å². The van der Waals surface area contributed by atoms with E-state index in [1.54, 1.807) is 13.2 Å². The third-order valence-electron chi connectivity index (χ3n) is 6.12. The number of nitrogens with zero attached hydrogens (tertiary/aromatic N) is 5. The van der Waals surface area contributed by atoms with E-state index in [2.05, 4.69) is 38.4 Å². The highest BCUT2D eigenvalue weighted by Crippen LogP contribution is 2.27. The van der Waals surface area contributed by atoms with Crippen molar-refractivity contribution < 1.29 is 13.9 Å². The Kier molecular flexibility index (Phi) is 7.40. The van der Waals surface area contributed by atoms with Crippen LogP contribution in [0.25, 0.3) is 10.9 Å². The van der Waals surface area contributed by atoms with Gasteiger partial charge in [0.25, 0.3) is 5.56 Å². The summed E-state index contributed by atoms with van der Waals surface area (Å²) >= 11 is 0. The van der Waals surface area contributed by atoms with Gasteiger partial charge in [-0.05, 0) is 84.5 Å². The molecule has 10 heteroatoms. The van der Waals surface area contributed by atoms with E-state index >= 15 is 0 Å². The van der Waals surface area contributed by atoms with Crippen LogP contribution in [0.4, 0.5) is 0 Å². The number of tetrazole rings is 1. The van der Waals surface area contributed by atoms with Crippen LogP contribution in [0.1, 0.15) is 54.6 Å². The lowest BCUT2D eigenvalue weighted by atomic mass is 10.0. The van der Waals surface area contributed by atoms with Crippen LogP contribution in [0.5, 0.6) is 0 Å². The van der Waals surface area contributed by atoms with E-state index in [4.69, 9.17) is 9.15 Å². The number of H-pyrrole nitrogens is 1. The summed E-state index contributed by atoms with van der Waals surface area (Å²) in [6.07, 6.45) is 2.26. The quantitative estimate of drug-likeness (QED) is 0.344. The molecule has 0 saturated carbocycles. The van der Waals surface area contributed by atoms with Gasteiger partial charge >= 0.3 is 5.97 Å². The highest BCUT2D eigenvalue weighted by molar-refractivity contribution is 5.80. The Morgan fingerprint density at radius 3 is 2.71 bits per heavy atom. The van der Waals surface area contributed by atoms with Gasteiger partial charge in [0.15, 0.2) is 5.82 Å². The molecule has 0 radical (unpaired) electrons. The third kappa shape index (κ3) is 5.48. The molecule has 10 nitrogen and oxygen atoms in total. The first-order valence-corrected chi connectivity index (χ1v) is 11.7. The van der Waals surface area contributed by atoms with Crippen LogP contribution in [-0.2, 0) is 29.2 Å². The van der Waals surface area contributed by atoms with Crippen molar-refractivity contribution in [3.8, 4) is 0 Å². The van der Waals surface area contributed by atoms with Crippen molar-refractivity contribution in [3.05, 3.63) is 75.2 Å². The Bertz CT molecular complexity index is 1360. The van der Waals surface area contributed by atoms with Gasteiger partial charge < -0.3 is 14.1 Å². The van der Waals surface area contributed by atoms with Gasteiger partial charge in [0.1, 0.15) is 12.3 Å². The largest absolute Gasteiger partial charge is 0.468 e. The molecule has 1 N–H and O–H groups in total. The van der Waals surface area contributed by atoms with Crippen molar-refractivity contribution in [2.45, 2.75) is 59.8 Å². The first-order chi connectivity index (χ1) is 16.9. The minimum absolute atomic E-state index is 0.0869. The molecule has 0 aliphatic rings. The summed E-state index contributed by atoms with van der Waals surface area (Å²) in [6, 6.07) is 9.45. The number of rotatable bonds is 10. The molecule has 3 heterocycles. The number of nitrogens with one attached hydrogen (secondary N) is 1. The van der Waals surface area contributed by atoms with Gasteiger partial charge in [-0.1, -0.05) is 6.92 Å². The third-order valence-corrected chi connectivity index (χ3v) is 6.12. The van der Waals surface area contributed by atoms with E-state index in [9.17, 15) is 9.59 Å².